The summed E-state index contributed by atoms with van der Waals surface area (Å²) < 4.78 is 7.65. The Labute approximate surface area is 205 Å². The summed E-state index contributed by atoms with van der Waals surface area (Å²) in [4.78, 5) is 30.9. The maximum atomic E-state index is 12.9. The van der Waals surface area contributed by atoms with Crippen LogP contribution in [0.1, 0.15) is 32.5 Å². The smallest absolute Gasteiger partial charge is 0.322 e. The number of likely N-dealkylation sites (tertiary alicyclic amines) is 1. The van der Waals surface area contributed by atoms with Crippen molar-refractivity contribution in [3.05, 3.63) is 86.4 Å². The Morgan fingerprint density at radius 2 is 2.09 bits per heavy atom. The third-order valence-electron chi connectivity index (χ3n) is 5.85. The first-order chi connectivity index (χ1) is 16.9. The van der Waals surface area contributed by atoms with Gasteiger partial charge in [-0.25, -0.2) is 14.8 Å². The molecule has 1 aromatic carbocycles. The molecule has 0 aliphatic carbocycles. The molecule has 2 N–H and O–H groups in total. The van der Waals surface area contributed by atoms with Crippen molar-refractivity contribution in [1.82, 2.24) is 35.2 Å². The zero-order valence-corrected chi connectivity index (χ0v) is 20.2. The van der Waals surface area contributed by atoms with Crippen LogP contribution in [0, 0.1) is 6.92 Å². The van der Waals surface area contributed by atoms with Crippen molar-refractivity contribution in [1.29, 1.82) is 0 Å². The lowest BCUT2D eigenvalue weighted by atomic mass is 10.0. The number of carbonyl (C=O) groups excluding carboxylic acids is 1. The second-order valence-corrected chi connectivity index (χ2v) is 9.59. The molecule has 0 radical (unpaired) electrons. The summed E-state index contributed by atoms with van der Waals surface area (Å²) in [5.41, 5.74) is 2.39. The Morgan fingerprint density at radius 3 is 2.80 bits per heavy atom. The van der Waals surface area contributed by atoms with Gasteiger partial charge in [0.1, 0.15) is 17.4 Å². The van der Waals surface area contributed by atoms with Crippen LogP contribution in [0.5, 0.6) is 5.75 Å². The molecule has 1 fully saturated rings. The molecule has 1 aliphatic rings. The van der Waals surface area contributed by atoms with Gasteiger partial charge in [0.15, 0.2) is 5.82 Å². The van der Waals surface area contributed by atoms with Gasteiger partial charge in [0.25, 0.3) is 5.91 Å². The molecule has 2 atom stereocenters. The van der Waals surface area contributed by atoms with Crippen molar-refractivity contribution in [3.63, 3.8) is 0 Å². The van der Waals surface area contributed by atoms with E-state index in [1.807, 2.05) is 38.4 Å². The molecule has 3 aromatic heterocycles. The molecule has 5 rings (SSSR count). The molecular weight excluding hydrogens is 466 g/mol. The molecule has 11 heteroatoms. The Morgan fingerprint density at radius 1 is 1.26 bits per heavy atom. The average Bonchev–Trinajstić information content (AvgIpc) is 3.59. The van der Waals surface area contributed by atoms with E-state index in [0.29, 0.717) is 24.5 Å². The number of benzene rings is 1. The number of likely N-dealkylation sites (N-methyl/N-ethyl adjacent to an activating group) is 1. The van der Waals surface area contributed by atoms with Crippen molar-refractivity contribution < 1.29 is 9.53 Å². The fraction of sp³-hybridized carbons (Fsp3) is 0.292. The Bertz CT molecular complexity index is 1360. The minimum Gasteiger partial charge on any atom is -0.489 e. The maximum Gasteiger partial charge on any atom is 0.322 e. The van der Waals surface area contributed by atoms with E-state index < -0.39 is 0 Å². The number of nitrogens with one attached hydrogen (secondary N) is 2. The van der Waals surface area contributed by atoms with E-state index >= 15 is 0 Å². The highest BCUT2D eigenvalue weighted by molar-refractivity contribution is 7.08. The number of hydrogen-bond donors (Lipinski definition) is 2. The predicted molar refractivity (Wildman–Crippen MR) is 131 cm³/mol. The molecule has 0 bridgehead atoms. The van der Waals surface area contributed by atoms with Crippen LogP contribution in [-0.4, -0.2) is 61.9 Å². The van der Waals surface area contributed by atoms with Crippen LogP contribution in [0.15, 0.2) is 59.7 Å². The summed E-state index contributed by atoms with van der Waals surface area (Å²) >= 11 is 1.09. The van der Waals surface area contributed by atoms with Gasteiger partial charge in [-0.15, -0.1) is 0 Å². The number of nitrogens with zero attached hydrogens (tertiary/aromatic N) is 5. The van der Waals surface area contributed by atoms with Gasteiger partial charge in [-0.2, -0.15) is 10.2 Å². The molecule has 0 saturated carbocycles. The van der Waals surface area contributed by atoms with Crippen molar-refractivity contribution in [2.45, 2.75) is 25.5 Å². The number of aromatic nitrogens is 5. The lowest BCUT2D eigenvalue weighted by Gasteiger charge is -2.18. The molecule has 10 nitrogen and oxygen atoms in total. The first-order valence-electron chi connectivity index (χ1n) is 11.2. The number of carbonyl (C=O) groups is 1. The van der Waals surface area contributed by atoms with Crippen molar-refractivity contribution in [2.24, 2.45) is 0 Å². The highest BCUT2D eigenvalue weighted by Gasteiger charge is 2.35. The number of rotatable bonds is 7. The van der Waals surface area contributed by atoms with E-state index in [2.05, 4.69) is 30.5 Å². The van der Waals surface area contributed by atoms with E-state index in [1.165, 1.54) is 0 Å². The fourth-order valence-corrected chi connectivity index (χ4v) is 5.01. The standard InChI is InChI=1S/C24H25N7O3S/c1-15-10-16(11-21(26-15)31-9-3-8-25-31)14-34-18-6-4-17(5-7-18)22(32)27-20-13-30(2)12-19(20)23-28-29-24(33)35-23/h3-11,19-20H,12-14H2,1-2H3,(H,27,32)(H,29,33)/t19-,20+/m0/s1. The lowest BCUT2D eigenvalue weighted by molar-refractivity contribution is 0.0935. The van der Waals surface area contributed by atoms with E-state index in [4.69, 9.17) is 4.74 Å². The van der Waals surface area contributed by atoms with Gasteiger partial charge < -0.3 is 15.0 Å². The summed E-state index contributed by atoms with van der Waals surface area (Å²) in [5, 5.41) is 14.6. The van der Waals surface area contributed by atoms with E-state index in [1.54, 1.807) is 35.1 Å². The molecule has 1 amide bonds. The zero-order valence-electron chi connectivity index (χ0n) is 19.3. The summed E-state index contributed by atoms with van der Waals surface area (Å²) in [6, 6.07) is 12.7. The van der Waals surface area contributed by atoms with Crippen LogP contribution < -0.4 is 14.9 Å². The fourth-order valence-electron chi connectivity index (χ4n) is 4.24. The summed E-state index contributed by atoms with van der Waals surface area (Å²) in [6.07, 6.45) is 3.56. The largest absolute Gasteiger partial charge is 0.489 e. The molecule has 1 saturated heterocycles. The zero-order chi connectivity index (χ0) is 24.4. The Balaban J connectivity index is 1.21. The number of ether oxygens (including phenoxy) is 1. The van der Waals surface area contributed by atoms with Crippen LogP contribution in [0.3, 0.4) is 0 Å². The second kappa shape index (κ2) is 9.80. The van der Waals surface area contributed by atoms with Gasteiger partial charge in [-0.1, -0.05) is 11.3 Å². The normalized spacial score (nSPS) is 18.0. The first kappa shape index (κ1) is 22.9. The number of amides is 1. The molecular formula is C24H25N7O3S. The third-order valence-corrected chi connectivity index (χ3v) is 6.73. The van der Waals surface area contributed by atoms with Gasteiger partial charge in [-0.05, 0) is 62.0 Å². The lowest BCUT2D eigenvalue weighted by Crippen LogP contribution is -2.39. The molecule has 0 spiro atoms. The topological polar surface area (TPSA) is 118 Å². The maximum absolute atomic E-state index is 12.9. The molecule has 1 aliphatic heterocycles. The van der Waals surface area contributed by atoms with Gasteiger partial charge >= 0.3 is 4.87 Å². The number of H-pyrrole nitrogens is 1. The van der Waals surface area contributed by atoms with Crippen LogP contribution in [-0.2, 0) is 6.61 Å². The van der Waals surface area contributed by atoms with Crippen LogP contribution in [0.2, 0.25) is 0 Å². The summed E-state index contributed by atoms with van der Waals surface area (Å²) in [6.45, 7) is 3.72. The molecule has 35 heavy (non-hydrogen) atoms. The minimum absolute atomic E-state index is 0.0223. The second-order valence-electron chi connectivity index (χ2n) is 8.60. The highest BCUT2D eigenvalue weighted by Crippen LogP contribution is 2.27. The SMILES string of the molecule is Cc1cc(COc2ccc(C(=O)N[C@@H]3CN(C)C[C@@H]3c3n[nH]c(=O)s3)cc2)cc(-n2cccn2)n1. The minimum atomic E-state index is -0.185. The van der Waals surface area contributed by atoms with Crippen molar-refractivity contribution in [3.8, 4) is 11.6 Å². The Hall–Kier alpha value is -3.83. The van der Waals surface area contributed by atoms with Crippen LogP contribution >= 0.6 is 11.3 Å². The number of aromatic amines is 1. The number of aryl methyl sites for hydroxylation is 1. The van der Waals surface area contributed by atoms with Gasteiger partial charge in [-0.3, -0.25) is 9.59 Å². The summed E-state index contributed by atoms with van der Waals surface area (Å²) in [7, 11) is 1.99. The van der Waals surface area contributed by atoms with Crippen molar-refractivity contribution in [2.75, 3.05) is 20.1 Å². The third kappa shape index (κ3) is 5.31. The van der Waals surface area contributed by atoms with E-state index in [9.17, 15) is 9.59 Å². The Kier molecular flexibility index (Phi) is 6.43. The van der Waals surface area contributed by atoms with Gasteiger partial charge in [0.2, 0.25) is 0 Å². The van der Waals surface area contributed by atoms with Crippen molar-refractivity contribution >= 4 is 17.2 Å². The molecule has 4 aromatic rings. The highest BCUT2D eigenvalue weighted by atomic mass is 32.1. The molecule has 180 valence electrons. The number of pyridine rings is 1. The molecule has 4 heterocycles. The van der Waals surface area contributed by atoms with Gasteiger partial charge in [0.05, 0.1) is 6.04 Å². The summed E-state index contributed by atoms with van der Waals surface area (Å²) in [5.74, 6) is 1.21. The van der Waals surface area contributed by atoms with Crippen LogP contribution in [0.4, 0.5) is 0 Å². The predicted octanol–water partition coefficient (Wildman–Crippen LogP) is 2.13. The van der Waals surface area contributed by atoms with E-state index in [-0.39, 0.29) is 22.7 Å². The van der Waals surface area contributed by atoms with Gasteiger partial charge in [0, 0.05) is 42.7 Å². The van der Waals surface area contributed by atoms with E-state index in [0.717, 1.165) is 40.0 Å². The first-order valence-corrected chi connectivity index (χ1v) is 12.0. The monoisotopic (exact) mass is 491 g/mol. The number of hydrogen-bond acceptors (Lipinski definition) is 8. The molecule has 0 unspecified atom stereocenters. The quantitative estimate of drug-likeness (QED) is 0.407. The van der Waals surface area contributed by atoms with Crippen LogP contribution in [0.25, 0.3) is 5.82 Å². The average molecular weight is 492 g/mol.